The van der Waals surface area contributed by atoms with Crippen molar-refractivity contribution in [3.05, 3.63) is 47.9 Å². The standard InChI is InChI=1S/C14H12N2O/c1-9-3-4-11-5-6-16-8-13(10(2)17)15-14(16)12(11)7-9/h3-8H,1-2H3. The highest BCUT2D eigenvalue weighted by molar-refractivity contribution is 5.98. The Morgan fingerprint density at radius 1 is 1.29 bits per heavy atom. The average Bonchev–Trinajstić information content (AvgIpc) is 2.73. The Morgan fingerprint density at radius 2 is 2.12 bits per heavy atom. The lowest BCUT2D eigenvalue weighted by Gasteiger charge is -2.01. The summed E-state index contributed by atoms with van der Waals surface area (Å²) in [5.41, 5.74) is 2.55. The first kappa shape index (κ1) is 10.0. The Hall–Kier alpha value is -2.16. The van der Waals surface area contributed by atoms with Crippen molar-refractivity contribution in [3.63, 3.8) is 0 Å². The number of carbonyl (C=O) groups excluding carboxylic acids is 1. The van der Waals surface area contributed by atoms with E-state index in [-0.39, 0.29) is 5.78 Å². The minimum absolute atomic E-state index is 0.00509. The Morgan fingerprint density at radius 3 is 2.88 bits per heavy atom. The highest BCUT2D eigenvalue weighted by Crippen LogP contribution is 2.21. The van der Waals surface area contributed by atoms with Gasteiger partial charge in [-0.15, -0.1) is 0 Å². The minimum atomic E-state index is -0.00509. The number of rotatable bonds is 1. The topological polar surface area (TPSA) is 34.4 Å². The van der Waals surface area contributed by atoms with Crippen LogP contribution in [0.4, 0.5) is 0 Å². The van der Waals surface area contributed by atoms with Gasteiger partial charge in [0.15, 0.2) is 5.78 Å². The summed E-state index contributed by atoms with van der Waals surface area (Å²) >= 11 is 0. The van der Waals surface area contributed by atoms with Crippen molar-refractivity contribution >= 4 is 22.2 Å². The van der Waals surface area contributed by atoms with E-state index < -0.39 is 0 Å². The van der Waals surface area contributed by atoms with Gasteiger partial charge in [-0.2, -0.15) is 0 Å². The number of aryl methyl sites for hydroxylation is 1. The van der Waals surface area contributed by atoms with Crippen molar-refractivity contribution < 1.29 is 4.79 Å². The summed E-state index contributed by atoms with van der Waals surface area (Å²) in [7, 11) is 0. The fraction of sp³-hybridized carbons (Fsp3) is 0.143. The first-order valence-electron chi connectivity index (χ1n) is 5.54. The van der Waals surface area contributed by atoms with Gasteiger partial charge in [0.25, 0.3) is 0 Å². The summed E-state index contributed by atoms with van der Waals surface area (Å²) < 4.78 is 1.90. The van der Waals surface area contributed by atoms with Crippen LogP contribution in [0.5, 0.6) is 0 Å². The number of Topliss-reactive ketones (excluding diaryl/α,β-unsaturated/α-hetero) is 1. The molecule has 0 atom stereocenters. The number of ketones is 1. The number of aromatic nitrogens is 2. The number of hydrogen-bond donors (Lipinski definition) is 0. The highest BCUT2D eigenvalue weighted by Gasteiger charge is 2.08. The van der Waals surface area contributed by atoms with Crippen LogP contribution in [0, 0.1) is 6.92 Å². The minimum Gasteiger partial charge on any atom is -0.306 e. The van der Waals surface area contributed by atoms with E-state index in [0.29, 0.717) is 5.69 Å². The molecule has 0 radical (unpaired) electrons. The Kier molecular flexibility index (Phi) is 2.01. The maximum atomic E-state index is 11.3. The van der Waals surface area contributed by atoms with Gasteiger partial charge in [-0.05, 0) is 24.4 Å². The molecule has 84 valence electrons. The van der Waals surface area contributed by atoms with Gasteiger partial charge in [-0.3, -0.25) is 4.79 Å². The number of imidazole rings is 1. The summed E-state index contributed by atoms with van der Waals surface area (Å²) in [4.78, 5) is 15.7. The van der Waals surface area contributed by atoms with E-state index in [1.54, 1.807) is 6.20 Å². The number of hydrogen-bond acceptors (Lipinski definition) is 2. The molecule has 0 saturated heterocycles. The zero-order valence-corrected chi connectivity index (χ0v) is 9.77. The van der Waals surface area contributed by atoms with Crippen LogP contribution in [0.3, 0.4) is 0 Å². The predicted octanol–water partition coefficient (Wildman–Crippen LogP) is 3.00. The summed E-state index contributed by atoms with van der Waals surface area (Å²) in [6.07, 6.45) is 3.71. The van der Waals surface area contributed by atoms with Crippen molar-refractivity contribution in [2.75, 3.05) is 0 Å². The zero-order valence-electron chi connectivity index (χ0n) is 9.77. The maximum Gasteiger partial charge on any atom is 0.179 e. The molecule has 3 rings (SSSR count). The molecule has 0 N–H and O–H groups in total. The van der Waals surface area contributed by atoms with Crippen molar-refractivity contribution in [1.29, 1.82) is 0 Å². The second-order valence-electron chi connectivity index (χ2n) is 4.32. The molecule has 0 amide bonds. The van der Waals surface area contributed by atoms with Crippen molar-refractivity contribution in [1.82, 2.24) is 9.38 Å². The van der Waals surface area contributed by atoms with Crippen molar-refractivity contribution in [3.8, 4) is 0 Å². The predicted molar refractivity (Wildman–Crippen MR) is 67.4 cm³/mol. The monoisotopic (exact) mass is 224 g/mol. The van der Waals surface area contributed by atoms with Gasteiger partial charge >= 0.3 is 0 Å². The lowest BCUT2D eigenvalue weighted by Crippen LogP contribution is -1.90. The molecule has 2 heterocycles. The van der Waals surface area contributed by atoms with Gasteiger partial charge < -0.3 is 4.40 Å². The van der Waals surface area contributed by atoms with Crippen molar-refractivity contribution in [2.24, 2.45) is 0 Å². The number of benzene rings is 1. The first-order valence-corrected chi connectivity index (χ1v) is 5.54. The van der Waals surface area contributed by atoms with Crippen LogP contribution in [0.15, 0.2) is 36.7 Å². The molecule has 2 aromatic heterocycles. The molecule has 0 aliphatic carbocycles. The maximum absolute atomic E-state index is 11.3. The van der Waals surface area contributed by atoms with Gasteiger partial charge in [-0.25, -0.2) is 4.98 Å². The number of pyridine rings is 1. The molecule has 17 heavy (non-hydrogen) atoms. The SMILES string of the molecule is CC(=O)c1cn2ccc3ccc(C)cc3c2n1. The normalized spacial score (nSPS) is 11.2. The molecule has 1 aromatic carbocycles. The number of fused-ring (bicyclic) bond motifs is 3. The lowest BCUT2D eigenvalue weighted by atomic mass is 10.1. The quantitative estimate of drug-likeness (QED) is 0.595. The fourth-order valence-electron chi connectivity index (χ4n) is 2.05. The molecular formula is C14H12N2O. The molecule has 0 aliphatic rings. The molecule has 0 bridgehead atoms. The summed E-state index contributed by atoms with van der Waals surface area (Å²) in [6, 6.07) is 8.29. The molecule has 3 heteroatoms. The van der Waals surface area contributed by atoms with Gasteiger partial charge in [0.1, 0.15) is 11.3 Å². The third kappa shape index (κ3) is 1.51. The zero-order chi connectivity index (χ0) is 12.0. The Bertz CT molecular complexity index is 740. The molecule has 0 saturated carbocycles. The molecule has 3 aromatic rings. The molecular weight excluding hydrogens is 212 g/mol. The summed E-state index contributed by atoms with van der Waals surface area (Å²) in [5.74, 6) is -0.00509. The molecule has 3 nitrogen and oxygen atoms in total. The van der Waals surface area contributed by atoms with Gasteiger partial charge in [0.05, 0.1) is 0 Å². The summed E-state index contributed by atoms with van der Waals surface area (Å²) in [6.45, 7) is 3.59. The van der Waals surface area contributed by atoms with Crippen LogP contribution in [-0.2, 0) is 0 Å². The highest BCUT2D eigenvalue weighted by atomic mass is 16.1. The summed E-state index contributed by atoms with van der Waals surface area (Å²) in [5, 5.41) is 2.23. The van der Waals surface area contributed by atoms with Crippen LogP contribution >= 0.6 is 0 Å². The third-order valence-electron chi connectivity index (χ3n) is 2.96. The Balaban J connectivity index is 2.45. The largest absolute Gasteiger partial charge is 0.306 e. The van der Waals surface area contributed by atoms with E-state index in [4.69, 9.17) is 0 Å². The van der Waals surface area contributed by atoms with Gasteiger partial charge in [0, 0.05) is 24.7 Å². The number of carbonyl (C=O) groups is 1. The van der Waals surface area contributed by atoms with Crippen LogP contribution in [0.25, 0.3) is 16.4 Å². The average molecular weight is 224 g/mol. The molecule has 0 aliphatic heterocycles. The molecule has 0 spiro atoms. The second kappa shape index (κ2) is 3.42. The van der Waals surface area contributed by atoms with Gasteiger partial charge in [0.2, 0.25) is 0 Å². The van der Waals surface area contributed by atoms with E-state index in [1.165, 1.54) is 12.5 Å². The van der Waals surface area contributed by atoms with Crippen LogP contribution in [-0.4, -0.2) is 15.2 Å². The van der Waals surface area contributed by atoms with E-state index in [9.17, 15) is 4.79 Å². The van der Waals surface area contributed by atoms with Crippen molar-refractivity contribution in [2.45, 2.75) is 13.8 Å². The van der Waals surface area contributed by atoms with E-state index in [2.05, 4.69) is 30.1 Å². The molecule has 0 fully saturated rings. The fourth-order valence-corrected chi connectivity index (χ4v) is 2.05. The Labute approximate surface area is 98.7 Å². The second-order valence-corrected chi connectivity index (χ2v) is 4.32. The number of nitrogens with zero attached hydrogens (tertiary/aromatic N) is 2. The van der Waals surface area contributed by atoms with Crippen LogP contribution in [0.1, 0.15) is 23.0 Å². The lowest BCUT2D eigenvalue weighted by molar-refractivity contribution is 0.101. The van der Waals surface area contributed by atoms with E-state index >= 15 is 0 Å². The third-order valence-corrected chi connectivity index (χ3v) is 2.96. The smallest absolute Gasteiger partial charge is 0.179 e. The van der Waals surface area contributed by atoms with E-state index in [0.717, 1.165) is 16.4 Å². The first-order chi connectivity index (χ1) is 8.15. The van der Waals surface area contributed by atoms with E-state index in [1.807, 2.05) is 16.7 Å². The van der Waals surface area contributed by atoms with Crippen LogP contribution in [0.2, 0.25) is 0 Å². The van der Waals surface area contributed by atoms with Crippen LogP contribution < -0.4 is 0 Å². The molecule has 0 unspecified atom stereocenters. The van der Waals surface area contributed by atoms with Gasteiger partial charge in [-0.1, -0.05) is 17.7 Å².